The summed E-state index contributed by atoms with van der Waals surface area (Å²) in [6.45, 7) is 3.00. The summed E-state index contributed by atoms with van der Waals surface area (Å²) in [4.78, 5) is 0. The van der Waals surface area contributed by atoms with E-state index in [0.29, 0.717) is 5.92 Å². The Hall–Kier alpha value is -0.580. The van der Waals surface area contributed by atoms with Crippen molar-refractivity contribution in [2.24, 2.45) is 5.92 Å². The van der Waals surface area contributed by atoms with E-state index < -0.39 is 0 Å². The van der Waals surface area contributed by atoms with Crippen LogP contribution in [0.3, 0.4) is 0 Å². The summed E-state index contributed by atoms with van der Waals surface area (Å²) in [6.07, 6.45) is 2.13. The van der Waals surface area contributed by atoms with E-state index in [1.807, 2.05) is 24.3 Å². The second-order valence-corrected chi connectivity index (χ2v) is 5.69. The third-order valence-electron chi connectivity index (χ3n) is 3.56. The average molecular weight is 329 g/mol. The molecular formula is C15H21BrO3. The van der Waals surface area contributed by atoms with Crippen molar-refractivity contribution in [1.82, 2.24) is 0 Å². The molecule has 0 radical (unpaired) electrons. The number of hydrogen-bond acceptors (Lipinski definition) is 3. The average Bonchev–Trinajstić information content (AvgIpc) is 2.48. The molecule has 1 unspecified atom stereocenters. The van der Waals surface area contributed by atoms with Crippen LogP contribution in [-0.4, -0.2) is 25.2 Å². The lowest BCUT2D eigenvalue weighted by molar-refractivity contribution is -0.228. The molecule has 106 valence electrons. The Morgan fingerprint density at radius 1 is 1.37 bits per heavy atom. The van der Waals surface area contributed by atoms with Crippen LogP contribution in [0.1, 0.15) is 31.6 Å². The monoisotopic (exact) mass is 328 g/mol. The van der Waals surface area contributed by atoms with Crippen molar-refractivity contribution in [2.45, 2.75) is 32.2 Å². The molecule has 1 aromatic rings. The van der Waals surface area contributed by atoms with Crippen LogP contribution >= 0.6 is 15.9 Å². The highest BCUT2D eigenvalue weighted by atomic mass is 79.9. The second-order valence-electron chi connectivity index (χ2n) is 4.89. The maximum absolute atomic E-state index is 6.08. The minimum absolute atomic E-state index is 0.248. The first-order chi connectivity index (χ1) is 9.24. The van der Waals surface area contributed by atoms with Gasteiger partial charge in [0.2, 0.25) is 0 Å². The normalized spacial score (nSPS) is 25.0. The Bertz CT molecular complexity index is 379. The summed E-state index contributed by atoms with van der Waals surface area (Å²) in [5.74, 6) is 1.40. The zero-order valence-corrected chi connectivity index (χ0v) is 13.1. The Kier molecular flexibility index (Phi) is 5.67. The van der Waals surface area contributed by atoms with Crippen molar-refractivity contribution in [3.05, 3.63) is 29.8 Å². The Morgan fingerprint density at radius 3 is 2.74 bits per heavy atom. The first-order valence-electron chi connectivity index (χ1n) is 6.71. The minimum Gasteiger partial charge on any atom is -0.497 e. The molecule has 3 nitrogen and oxygen atoms in total. The number of alkyl halides is 1. The quantitative estimate of drug-likeness (QED) is 0.767. The van der Waals surface area contributed by atoms with Gasteiger partial charge in [-0.25, -0.2) is 0 Å². The second kappa shape index (κ2) is 7.27. The predicted octanol–water partition coefficient (Wildman–Crippen LogP) is 3.92. The molecule has 1 fully saturated rings. The third-order valence-corrected chi connectivity index (χ3v) is 4.01. The molecule has 2 rings (SSSR count). The van der Waals surface area contributed by atoms with Gasteiger partial charge in [0.25, 0.3) is 0 Å². The Labute approximate surface area is 123 Å². The summed E-state index contributed by atoms with van der Waals surface area (Å²) in [5, 5.41) is 1.02. The summed E-state index contributed by atoms with van der Waals surface area (Å²) < 4.78 is 17.0. The molecule has 19 heavy (non-hydrogen) atoms. The highest BCUT2D eigenvalue weighted by Crippen LogP contribution is 2.31. The predicted molar refractivity (Wildman–Crippen MR) is 78.8 cm³/mol. The first kappa shape index (κ1) is 14.8. The van der Waals surface area contributed by atoms with Gasteiger partial charge in [0.05, 0.1) is 19.8 Å². The van der Waals surface area contributed by atoms with Gasteiger partial charge in [0, 0.05) is 10.9 Å². The van der Waals surface area contributed by atoms with E-state index in [0.717, 1.165) is 36.1 Å². The largest absolute Gasteiger partial charge is 0.497 e. The summed E-state index contributed by atoms with van der Waals surface area (Å²) in [5.41, 5.74) is 1.05. The maximum Gasteiger partial charge on any atom is 0.184 e. The fraction of sp³-hybridized carbons (Fsp3) is 0.600. The third kappa shape index (κ3) is 3.94. The molecular weight excluding hydrogens is 308 g/mol. The van der Waals surface area contributed by atoms with Crippen molar-refractivity contribution in [2.75, 3.05) is 19.0 Å². The number of ether oxygens (including phenoxy) is 3. The number of rotatable bonds is 5. The fourth-order valence-corrected chi connectivity index (χ4v) is 2.99. The van der Waals surface area contributed by atoms with Crippen molar-refractivity contribution in [3.63, 3.8) is 0 Å². The van der Waals surface area contributed by atoms with E-state index in [1.165, 1.54) is 0 Å². The molecule has 0 N–H and O–H groups in total. The van der Waals surface area contributed by atoms with Crippen LogP contribution in [0.4, 0.5) is 0 Å². The van der Waals surface area contributed by atoms with Crippen LogP contribution in [0.25, 0.3) is 0 Å². The zero-order chi connectivity index (χ0) is 13.7. The molecule has 0 aromatic heterocycles. The van der Waals surface area contributed by atoms with Crippen LogP contribution in [0.15, 0.2) is 24.3 Å². The molecule has 1 heterocycles. The molecule has 0 bridgehead atoms. The van der Waals surface area contributed by atoms with Crippen LogP contribution in [0.2, 0.25) is 0 Å². The number of methoxy groups -OCH3 is 1. The highest BCUT2D eigenvalue weighted by molar-refractivity contribution is 9.09. The van der Waals surface area contributed by atoms with Gasteiger partial charge in [0.1, 0.15) is 5.75 Å². The van der Waals surface area contributed by atoms with Gasteiger partial charge in [0.15, 0.2) is 6.29 Å². The van der Waals surface area contributed by atoms with E-state index >= 15 is 0 Å². The molecule has 4 heteroatoms. The van der Waals surface area contributed by atoms with E-state index in [2.05, 4.69) is 22.9 Å². The van der Waals surface area contributed by atoms with E-state index in [4.69, 9.17) is 14.2 Å². The lowest BCUT2D eigenvalue weighted by Crippen LogP contribution is -2.32. The number of hydrogen-bond donors (Lipinski definition) is 0. The molecule has 1 aliphatic rings. The van der Waals surface area contributed by atoms with Crippen molar-refractivity contribution >= 4 is 15.9 Å². The highest BCUT2D eigenvalue weighted by Gasteiger charge is 2.27. The summed E-state index contributed by atoms with van der Waals surface area (Å²) >= 11 is 3.49. The number of benzene rings is 1. The van der Waals surface area contributed by atoms with Gasteiger partial charge >= 0.3 is 0 Å². The maximum atomic E-state index is 6.08. The summed E-state index contributed by atoms with van der Waals surface area (Å²) in [6, 6.07) is 7.88. The SMILES string of the molecule is COc1ccc(C2OCC[C@H]([C@@H](C)CCBr)O2)cc1. The van der Waals surface area contributed by atoms with Crippen LogP contribution in [0.5, 0.6) is 5.75 Å². The fourth-order valence-electron chi connectivity index (χ4n) is 2.27. The molecule has 0 spiro atoms. The van der Waals surface area contributed by atoms with Crippen LogP contribution < -0.4 is 4.74 Å². The molecule has 3 atom stereocenters. The Balaban J connectivity index is 1.99. The molecule has 1 saturated heterocycles. The van der Waals surface area contributed by atoms with Crippen LogP contribution in [-0.2, 0) is 9.47 Å². The van der Waals surface area contributed by atoms with Crippen LogP contribution in [0, 0.1) is 5.92 Å². The van der Waals surface area contributed by atoms with Crippen molar-refractivity contribution in [3.8, 4) is 5.75 Å². The van der Waals surface area contributed by atoms with Gasteiger partial charge in [-0.3, -0.25) is 0 Å². The molecule has 1 aromatic carbocycles. The van der Waals surface area contributed by atoms with Gasteiger partial charge in [-0.1, -0.05) is 35.0 Å². The lowest BCUT2D eigenvalue weighted by atomic mass is 9.98. The standard InChI is InChI=1S/C15H21BrO3/c1-11(7-9-16)14-8-10-18-15(19-14)12-3-5-13(17-2)6-4-12/h3-6,11,14-15H,7-10H2,1-2H3/t11-,14+,15?/m0/s1. The van der Waals surface area contributed by atoms with Crippen molar-refractivity contribution < 1.29 is 14.2 Å². The smallest absolute Gasteiger partial charge is 0.184 e. The number of halogens is 1. The molecule has 1 aliphatic heterocycles. The molecule has 0 amide bonds. The van der Waals surface area contributed by atoms with E-state index in [9.17, 15) is 0 Å². The van der Waals surface area contributed by atoms with E-state index in [-0.39, 0.29) is 12.4 Å². The van der Waals surface area contributed by atoms with Gasteiger partial charge in [-0.05, 0) is 30.9 Å². The van der Waals surface area contributed by atoms with E-state index in [1.54, 1.807) is 7.11 Å². The lowest BCUT2D eigenvalue weighted by Gasteiger charge is -2.33. The Morgan fingerprint density at radius 2 is 2.11 bits per heavy atom. The zero-order valence-electron chi connectivity index (χ0n) is 11.5. The molecule has 0 aliphatic carbocycles. The van der Waals surface area contributed by atoms with Crippen molar-refractivity contribution in [1.29, 1.82) is 0 Å². The topological polar surface area (TPSA) is 27.7 Å². The van der Waals surface area contributed by atoms with Gasteiger partial charge < -0.3 is 14.2 Å². The minimum atomic E-state index is -0.248. The molecule has 0 saturated carbocycles. The van der Waals surface area contributed by atoms with Gasteiger partial charge in [-0.2, -0.15) is 0 Å². The van der Waals surface area contributed by atoms with Gasteiger partial charge in [-0.15, -0.1) is 0 Å². The summed E-state index contributed by atoms with van der Waals surface area (Å²) in [7, 11) is 1.67. The first-order valence-corrected chi connectivity index (χ1v) is 7.83.